The van der Waals surface area contributed by atoms with Gasteiger partial charge >= 0.3 is 0 Å². The van der Waals surface area contributed by atoms with E-state index in [9.17, 15) is 4.79 Å². The van der Waals surface area contributed by atoms with Crippen molar-refractivity contribution < 1.29 is 9.32 Å². The number of carbonyl (C=O) groups excluding carboxylic acids is 1. The van der Waals surface area contributed by atoms with Crippen LogP contribution in [0.15, 0.2) is 34.9 Å². The van der Waals surface area contributed by atoms with Gasteiger partial charge in [-0.25, -0.2) is 0 Å². The van der Waals surface area contributed by atoms with Crippen molar-refractivity contribution in [2.75, 3.05) is 0 Å². The number of rotatable bonds is 4. The summed E-state index contributed by atoms with van der Waals surface area (Å²) in [6.45, 7) is 3.95. The Labute approximate surface area is 142 Å². The van der Waals surface area contributed by atoms with Gasteiger partial charge in [-0.1, -0.05) is 41.9 Å². The number of fused-ring (bicyclic) bond motifs is 2. The maximum Gasteiger partial charge on any atom is 0.257 e. The number of nitrogens with one attached hydrogen (secondary N) is 1. The van der Waals surface area contributed by atoms with Gasteiger partial charge in [0.2, 0.25) is 0 Å². The third-order valence-electron chi connectivity index (χ3n) is 5.93. The molecule has 0 aliphatic heterocycles. The Balaban J connectivity index is 1.54. The molecule has 4 rings (SSSR count). The van der Waals surface area contributed by atoms with Gasteiger partial charge in [0, 0.05) is 11.6 Å². The number of carbonyl (C=O) groups is 1. The molecule has 4 nitrogen and oxygen atoms in total. The number of nitrogens with zero attached hydrogens (tertiary/aromatic N) is 1. The lowest BCUT2D eigenvalue weighted by atomic mass is 9.84. The molecule has 0 saturated heterocycles. The summed E-state index contributed by atoms with van der Waals surface area (Å²) in [5.74, 6) is 2.81. The third kappa shape index (κ3) is 2.64. The molecule has 2 aliphatic rings. The van der Waals surface area contributed by atoms with Crippen molar-refractivity contribution in [3.05, 3.63) is 41.7 Å². The van der Waals surface area contributed by atoms with Crippen LogP contribution in [0.25, 0.3) is 11.3 Å². The van der Waals surface area contributed by atoms with Crippen LogP contribution in [0.5, 0.6) is 0 Å². The van der Waals surface area contributed by atoms with Crippen LogP contribution in [0.2, 0.25) is 0 Å². The molecule has 4 atom stereocenters. The summed E-state index contributed by atoms with van der Waals surface area (Å²) < 4.78 is 5.32. The monoisotopic (exact) mass is 324 g/mol. The van der Waals surface area contributed by atoms with Gasteiger partial charge < -0.3 is 9.84 Å². The molecule has 1 amide bonds. The predicted molar refractivity (Wildman–Crippen MR) is 92.5 cm³/mol. The first-order valence-electron chi connectivity index (χ1n) is 8.96. The van der Waals surface area contributed by atoms with E-state index in [1.54, 1.807) is 6.92 Å². The maximum atomic E-state index is 12.9. The van der Waals surface area contributed by atoms with Crippen LogP contribution in [-0.2, 0) is 0 Å². The molecule has 24 heavy (non-hydrogen) atoms. The van der Waals surface area contributed by atoms with Crippen LogP contribution < -0.4 is 5.32 Å². The minimum atomic E-state index is -0.0668. The van der Waals surface area contributed by atoms with E-state index in [2.05, 4.69) is 17.4 Å². The fourth-order valence-electron chi connectivity index (χ4n) is 4.72. The summed E-state index contributed by atoms with van der Waals surface area (Å²) in [7, 11) is 0. The average molecular weight is 324 g/mol. The first kappa shape index (κ1) is 15.4. The van der Waals surface area contributed by atoms with Crippen molar-refractivity contribution in [1.82, 2.24) is 10.5 Å². The Morgan fingerprint density at radius 3 is 2.71 bits per heavy atom. The van der Waals surface area contributed by atoms with Crippen molar-refractivity contribution in [2.24, 2.45) is 17.8 Å². The molecule has 126 valence electrons. The summed E-state index contributed by atoms with van der Waals surface area (Å²) >= 11 is 0. The molecule has 1 aromatic heterocycles. The van der Waals surface area contributed by atoms with E-state index in [1.807, 2.05) is 30.3 Å². The summed E-state index contributed by atoms with van der Waals surface area (Å²) in [5, 5.41) is 7.34. The molecule has 2 saturated carbocycles. The topological polar surface area (TPSA) is 55.1 Å². The molecular weight excluding hydrogens is 300 g/mol. The highest BCUT2D eigenvalue weighted by Crippen LogP contribution is 2.49. The van der Waals surface area contributed by atoms with E-state index in [-0.39, 0.29) is 11.9 Å². The van der Waals surface area contributed by atoms with E-state index in [0.29, 0.717) is 22.9 Å². The SMILES string of the molecule is Cc1onc(-c2ccccc2)c1C(=O)N[C@@H](C)[C@@H]1C[C@@H]2CC[C@@H]1C2. The van der Waals surface area contributed by atoms with Crippen LogP contribution in [0.1, 0.15) is 48.7 Å². The number of hydrogen-bond acceptors (Lipinski definition) is 3. The zero-order valence-electron chi connectivity index (χ0n) is 14.3. The quantitative estimate of drug-likeness (QED) is 0.917. The van der Waals surface area contributed by atoms with Gasteiger partial charge in [0.05, 0.1) is 0 Å². The van der Waals surface area contributed by atoms with E-state index < -0.39 is 0 Å². The molecule has 0 radical (unpaired) electrons. The number of hydrogen-bond donors (Lipinski definition) is 1. The van der Waals surface area contributed by atoms with Gasteiger partial charge in [-0.3, -0.25) is 4.79 Å². The highest BCUT2D eigenvalue weighted by atomic mass is 16.5. The van der Waals surface area contributed by atoms with Crippen molar-refractivity contribution in [1.29, 1.82) is 0 Å². The zero-order chi connectivity index (χ0) is 16.7. The minimum Gasteiger partial charge on any atom is -0.360 e. The lowest BCUT2D eigenvalue weighted by molar-refractivity contribution is 0.0914. The highest BCUT2D eigenvalue weighted by Gasteiger charge is 2.42. The molecule has 2 fully saturated rings. The van der Waals surface area contributed by atoms with Gasteiger partial charge in [0.25, 0.3) is 5.91 Å². The maximum absolute atomic E-state index is 12.9. The first-order valence-corrected chi connectivity index (χ1v) is 8.96. The Morgan fingerprint density at radius 2 is 2.04 bits per heavy atom. The van der Waals surface area contributed by atoms with Gasteiger partial charge in [-0.2, -0.15) is 0 Å². The van der Waals surface area contributed by atoms with Crippen LogP contribution in [0, 0.1) is 24.7 Å². The lowest BCUT2D eigenvalue weighted by Gasteiger charge is -2.28. The van der Waals surface area contributed by atoms with E-state index in [1.165, 1.54) is 25.7 Å². The first-order chi connectivity index (χ1) is 11.6. The van der Waals surface area contributed by atoms with Crippen LogP contribution >= 0.6 is 0 Å². The molecule has 0 spiro atoms. The summed E-state index contributed by atoms with van der Waals surface area (Å²) in [6.07, 6.45) is 5.33. The van der Waals surface area contributed by atoms with Crippen molar-refractivity contribution >= 4 is 5.91 Å². The largest absolute Gasteiger partial charge is 0.360 e. The van der Waals surface area contributed by atoms with Crippen molar-refractivity contribution in [3.63, 3.8) is 0 Å². The van der Waals surface area contributed by atoms with Crippen molar-refractivity contribution in [2.45, 2.75) is 45.6 Å². The third-order valence-corrected chi connectivity index (χ3v) is 5.93. The fraction of sp³-hybridized carbons (Fsp3) is 0.500. The highest BCUT2D eigenvalue weighted by molar-refractivity contribution is 6.00. The summed E-state index contributed by atoms with van der Waals surface area (Å²) in [4.78, 5) is 12.9. The smallest absolute Gasteiger partial charge is 0.257 e. The molecule has 2 aliphatic carbocycles. The normalized spacial score (nSPS) is 26.5. The molecule has 1 N–H and O–H groups in total. The Kier molecular flexibility index (Phi) is 3.91. The van der Waals surface area contributed by atoms with Crippen LogP contribution in [-0.4, -0.2) is 17.1 Å². The molecule has 2 bridgehead atoms. The summed E-state index contributed by atoms with van der Waals surface area (Å²) in [5.41, 5.74) is 2.11. The van der Waals surface area contributed by atoms with Gasteiger partial charge in [-0.15, -0.1) is 0 Å². The zero-order valence-corrected chi connectivity index (χ0v) is 14.3. The van der Waals surface area contributed by atoms with Gasteiger partial charge in [0.1, 0.15) is 17.0 Å². The lowest BCUT2D eigenvalue weighted by Crippen LogP contribution is -2.40. The standard InChI is InChI=1S/C20H24N2O2/c1-12(17-11-14-8-9-16(17)10-14)21-20(23)18-13(2)24-22-19(18)15-6-4-3-5-7-15/h3-7,12,14,16-17H,8-11H2,1-2H3,(H,21,23)/t12-,14+,16+,17-/m0/s1. The Morgan fingerprint density at radius 1 is 1.25 bits per heavy atom. The van der Waals surface area contributed by atoms with E-state index >= 15 is 0 Å². The predicted octanol–water partition coefficient (Wildman–Crippen LogP) is 4.20. The average Bonchev–Trinajstić information content (AvgIpc) is 3.30. The molecule has 0 unspecified atom stereocenters. The van der Waals surface area contributed by atoms with Gasteiger partial charge in [-0.05, 0) is 50.9 Å². The van der Waals surface area contributed by atoms with Crippen molar-refractivity contribution in [3.8, 4) is 11.3 Å². The van der Waals surface area contributed by atoms with Gasteiger partial charge in [0.15, 0.2) is 0 Å². The molecule has 1 heterocycles. The number of aryl methyl sites for hydroxylation is 1. The molecule has 4 heteroatoms. The molecule has 2 aromatic rings. The second-order valence-corrected chi connectivity index (χ2v) is 7.43. The summed E-state index contributed by atoms with van der Waals surface area (Å²) in [6, 6.07) is 9.94. The number of benzene rings is 1. The van der Waals surface area contributed by atoms with Crippen LogP contribution in [0.4, 0.5) is 0 Å². The van der Waals surface area contributed by atoms with E-state index in [0.717, 1.165) is 17.4 Å². The Hall–Kier alpha value is -2.10. The number of aromatic nitrogens is 1. The fourth-order valence-corrected chi connectivity index (χ4v) is 4.72. The minimum absolute atomic E-state index is 0.0668. The molecule has 1 aromatic carbocycles. The second kappa shape index (κ2) is 6.08. The molecular formula is C20H24N2O2. The number of amides is 1. The van der Waals surface area contributed by atoms with E-state index in [4.69, 9.17) is 4.52 Å². The van der Waals surface area contributed by atoms with Crippen LogP contribution in [0.3, 0.4) is 0 Å². The second-order valence-electron chi connectivity index (χ2n) is 7.43. The Bertz CT molecular complexity index is 737.